The van der Waals surface area contributed by atoms with Gasteiger partial charge in [0.15, 0.2) is 11.5 Å². The Labute approximate surface area is 183 Å². The van der Waals surface area contributed by atoms with Gasteiger partial charge in [-0.05, 0) is 43.0 Å². The Morgan fingerprint density at radius 1 is 1.06 bits per heavy atom. The van der Waals surface area contributed by atoms with Crippen molar-refractivity contribution in [1.29, 1.82) is 0 Å². The predicted octanol–water partition coefficient (Wildman–Crippen LogP) is 3.99. The van der Waals surface area contributed by atoms with Crippen LogP contribution in [0.3, 0.4) is 0 Å². The quantitative estimate of drug-likeness (QED) is 0.529. The van der Waals surface area contributed by atoms with Gasteiger partial charge in [0.1, 0.15) is 0 Å². The molecule has 0 radical (unpaired) electrons. The van der Waals surface area contributed by atoms with Crippen molar-refractivity contribution in [2.75, 3.05) is 27.9 Å². The lowest BCUT2D eigenvalue weighted by Gasteiger charge is -2.22. The van der Waals surface area contributed by atoms with Crippen LogP contribution >= 0.6 is 0 Å². The van der Waals surface area contributed by atoms with Crippen molar-refractivity contribution in [3.05, 3.63) is 35.4 Å². The van der Waals surface area contributed by atoms with Crippen molar-refractivity contribution in [3.8, 4) is 29.1 Å². The summed E-state index contributed by atoms with van der Waals surface area (Å²) >= 11 is 0. The van der Waals surface area contributed by atoms with Crippen LogP contribution in [0.5, 0.6) is 17.2 Å². The molecule has 0 N–H and O–H groups in total. The predicted molar refractivity (Wildman–Crippen MR) is 119 cm³/mol. The van der Waals surface area contributed by atoms with Gasteiger partial charge in [-0.25, -0.2) is 0 Å². The molecule has 2 amide bonds. The lowest BCUT2D eigenvalue weighted by Crippen LogP contribution is -2.39. The molecule has 1 aromatic carbocycles. The molecular formula is C25H29NO5. The maximum absolute atomic E-state index is 12.8. The summed E-state index contributed by atoms with van der Waals surface area (Å²) in [6.07, 6.45) is 11.3. The third-order valence-electron chi connectivity index (χ3n) is 5.56. The monoisotopic (exact) mass is 423 g/mol. The van der Waals surface area contributed by atoms with E-state index in [9.17, 15) is 9.59 Å². The van der Waals surface area contributed by atoms with Crippen molar-refractivity contribution >= 4 is 17.9 Å². The molecular weight excluding hydrogens is 394 g/mol. The Hall–Kier alpha value is -3.20. The molecule has 3 rings (SSSR count). The maximum atomic E-state index is 12.8. The number of carbonyl (C=O) groups excluding carboxylic acids is 2. The molecule has 1 fully saturated rings. The Bertz CT molecular complexity index is 919. The first kappa shape index (κ1) is 22.5. The first-order valence-corrected chi connectivity index (χ1v) is 10.6. The third kappa shape index (κ3) is 5.49. The number of ether oxygens (including phenoxy) is 3. The smallest absolute Gasteiger partial charge is 0.268 e. The summed E-state index contributed by atoms with van der Waals surface area (Å²) in [7, 11) is 4.60. The van der Waals surface area contributed by atoms with Crippen molar-refractivity contribution in [3.63, 3.8) is 0 Å². The van der Waals surface area contributed by atoms with Gasteiger partial charge in [0.2, 0.25) is 5.75 Å². The second kappa shape index (κ2) is 10.7. The highest BCUT2D eigenvalue weighted by Gasteiger charge is 2.25. The molecule has 1 aliphatic carbocycles. The Balaban J connectivity index is 1.72. The molecule has 0 atom stereocenters. The number of hydrogen-bond acceptors (Lipinski definition) is 5. The largest absolute Gasteiger partial charge is 0.493 e. The van der Waals surface area contributed by atoms with E-state index in [1.165, 1.54) is 51.6 Å². The van der Waals surface area contributed by atoms with Crippen molar-refractivity contribution < 1.29 is 23.8 Å². The topological polar surface area (TPSA) is 65.1 Å². The number of benzene rings is 1. The Morgan fingerprint density at radius 2 is 1.74 bits per heavy atom. The summed E-state index contributed by atoms with van der Waals surface area (Å²) in [5.41, 5.74) is 1.12. The fraction of sp³-hybridized carbons (Fsp3) is 0.440. The Kier molecular flexibility index (Phi) is 7.77. The van der Waals surface area contributed by atoms with Gasteiger partial charge in [0.25, 0.3) is 11.8 Å². The van der Waals surface area contributed by atoms with Crippen LogP contribution in [-0.4, -0.2) is 44.6 Å². The minimum Gasteiger partial charge on any atom is -0.493 e. The first-order chi connectivity index (χ1) is 15.1. The van der Waals surface area contributed by atoms with E-state index in [1.54, 1.807) is 18.2 Å². The van der Waals surface area contributed by atoms with Crippen LogP contribution < -0.4 is 14.2 Å². The van der Waals surface area contributed by atoms with Gasteiger partial charge in [-0.1, -0.05) is 37.2 Å². The molecule has 0 bridgehead atoms. The molecule has 1 aromatic rings. The molecule has 0 unspecified atom stereocenters. The molecule has 2 aliphatic rings. The zero-order valence-corrected chi connectivity index (χ0v) is 18.4. The van der Waals surface area contributed by atoms with Crippen LogP contribution in [0.4, 0.5) is 0 Å². The fourth-order valence-corrected chi connectivity index (χ4v) is 3.87. The number of hydrogen-bond donors (Lipinski definition) is 0. The normalized spacial score (nSPS) is 17.1. The van der Waals surface area contributed by atoms with E-state index in [-0.39, 0.29) is 11.8 Å². The van der Waals surface area contributed by atoms with Crippen LogP contribution in [0.1, 0.15) is 44.1 Å². The van der Waals surface area contributed by atoms with E-state index in [0.717, 1.165) is 12.8 Å². The minimum atomic E-state index is -0.371. The van der Waals surface area contributed by atoms with Crippen LogP contribution in [0, 0.1) is 17.8 Å². The average Bonchev–Trinajstić information content (AvgIpc) is 2.81. The van der Waals surface area contributed by atoms with Crippen LogP contribution in [0.15, 0.2) is 29.9 Å². The second-order valence-electron chi connectivity index (χ2n) is 7.60. The maximum Gasteiger partial charge on any atom is 0.268 e. The average molecular weight is 424 g/mol. The number of rotatable bonds is 5. The molecule has 0 aromatic heterocycles. The highest BCUT2D eigenvalue weighted by atomic mass is 16.5. The van der Waals surface area contributed by atoms with E-state index in [1.807, 2.05) is 6.08 Å². The molecule has 1 saturated carbocycles. The van der Waals surface area contributed by atoms with Crippen molar-refractivity contribution in [2.45, 2.75) is 38.5 Å². The summed E-state index contributed by atoms with van der Waals surface area (Å²) in [5.74, 6) is 7.40. The van der Waals surface area contributed by atoms with E-state index < -0.39 is 0 Å². The molecule has 31 heavy (non-hydrogen) atoms. The van der Waals surface area contributed by atoms with E-state index in [4.69, 9.17) is 14.2 Å². The van der Waals surface area contributed by atoms with Gasteiger partial charge in [0, 0.05) is 18.5 Å². The highest BCUT2D eigenvalue weighted by Crippen LogP contribution is 2.38. The highest BCUT2D eigenvalue weighted by molar-refractivity contribution is 6.11. The first-order valence-electron chi connectivity index (χ1n) is 10.6. The summed E-state index contributed by atoms with van der Waals surface area (Å²) < 4.78 is 16.0. The lowest BCUT2D eigenvalue weighted by atomic mass is 9.89. The van der Waals surface area contributed by atoms with E-state index >= 15 is 0 Å². The number of nitrogens with zero attached hydrogens (tertiary/aromatic N) is 1. The molecule has 0 saturated heterocycles. The summed E-state index contributed by atoms with van der Waals surface area (Å²) in [6.45, 7) is 0.353. The van der Waals surface area contributed by atoms with Gasteiger partial charge in [0.05, 0.1) is 26.9 Å². The van der Waals surface area contributed by atoms with Crippen LogP contribution in [-0.2, 0) is 9.59 Å². The number of amides is 2. The number of imide groups is 1. The van der Waals surface area contributed by atoms with Crippen molar-refractivity contribution in [2.24, 2.45) is 5.92 Å². The zero-order valence-electron chi connectivity index (χ0n) is 18.4. The SMILES string of the molecule is COc1cc(/C=C/C(=O)N2CCC=C(C#CC3CCCCC3)C2=O)cc(OC)c1OC. The van der Waals surface area contributed by atoms with Gasteiger partial charge in [-0.3, -0.25) is 14.5 Å². The Morgan fingerprint density at radius 3 is 2.35 bits per heavy atom. The van der Waals surface area contributed by atoms with Crippen LogP contribution in [0.25, 0.3) is 6.08 Å². The molecule has 164 valence electrons. The number of methoxy groups -OCH3 is 3. The second-order valence-corrected chi connectivity index (χ2v) is 7.60. The number of carbonyl (C=O) groups is 2. The van der Waals surface area contributed by atoms with Crippen molar-refractivity contribution in [1.82, 2.24) is 4.90 Å². The zero-order chi connectivity index (χ0) is 22.2. The van der Waals surface area contributed by atoms with Gasteiger partial charge in [-0.15, -0.1) is 0 Å². The molecule has 1 heterocycles. The van der Waals surface area contributed by atoms with Gasteiger partial charge in [-0.2, -0.15) is 0 Å². The van der Waals surface area contributed by atoms with E-state index in [0.29, 0.717) is 47.3 Å². The van der Waals surface area contributed by atoms with Gasteiger partial charge >= 0.3 is 0 Å². The fourth-order valence-electron chi connectivity index (χ4n) is 3.87. The lowest BCUT2D eigenvalue weighted by molar-refractivity contribution is -0.139. The van der Waals surface area contributed by atoms with Gasteiger partial charge < -0.3 is 14.2 Å². The molecule has 1 aliphatic heterocycles. The van der Waals surface area contributed by atoms with Crippen LogP contribution in [0.2, 0.25) is 0 Å². The summed E-state index contributed by atoms with van der Waals surface area (Å²) in [5, 5.41) is 0. The molecule has 0 spiro atoms. The molecule has 6 heteroatoms. The summed E-state index contributed by atoms with van der Waals surface area (Å²) in [6, 6.07) is 3.48. The van der Waals surface area contributed by atoms with E-state index in [2.05, 4.69) is 11.8 Å². The standard InChI is InChI=1S/C25H29NO5/c1-29-21-16-19(17-22(30-2)24(21)31-3)12-14-23(27)26-15-7-10-20(25(26)28)13-11-18-8-5-4-6-9-18/h10,12,14,16-18H,4-9,15H2,1-3H3/b14-12+. The summed E-state index contributed by atoms with van der Waals surface area (Å²) in [4.78, 5) is 26.7. The third-order valence-corrected chi connectivity index (χ3v) is 5.56. The molecule has 6 nitrogen and oxygen atoms in total. The minimum absolute atomic E-state index is 0.325.